The van der Waals surface area contributed by atoms with E-state index in [4.69, 9.17) is 4.74 Å². The maximum absolute atomic E-state index is 12.5. The Bertz CT molecular complexity index is 796. The molecule has 0 aromatic carbocycles. The number of fused-ring (bicyclic) bond motifs is 2. The van der Waals surface area contributed by atoms with Gasteiger partial charge in [0.05, 0.1) is 17.7 Å². The molecule has 2 aromatic rings. The van der Waals surface area contributed by atoms with Crippen molar-refractivity contribution in [2.75, 3.05) is 18.5 Å². The van der Waals surface area contributed by atoms with E-state index in [2.05, 4.69) is 36.1 Å². The van der Waals surface area contributed by atoms with E-state index < -0.39 is 0 Å². The lowest BCUT2D eigenvalue weighted by Gasteiger charge is -2.29. The van der Waals surface area contributed by atoms with Crippen molar-refractivity contribution in [3.8, 4) is 0 Å². The molecule has 1 aliphatic carbocycles. The second-order valence-corrected chi connectivity index (χ2v) is 6.85. The number of tetrazole rings is 1. The summed E-state index contributed by atoms with van der Waals surface area (Å²) in [5.41, 5.74) is -0.258. The zero-order chi connectivity index (χ0) is 17.5. The Morgan fingerprint density at radius 3 is 3.00 bits per heavy atom. The first-order valence-corrected chi connectivity index (χ1v) is 8.22. The van der Waals surface area contributed by atoms with Crippen LogP contribution in [0.2, 0.25) is 0 Å². The molecule has 1 saturated carbocycles. The third-order valence-electron chi connectivity index (χ3n) is 4.95. The van der Waals surface area contributed by atoms with Crippen LogP contribution in [0.1, 0.15) is 35.6 Å². The smallest absolute Gasteiger partial charge is 0.270 e. The largest absolute Gasteiger partial charge is 0.371 e. The van der Waals surface area contributed by atoms with Gasteiger partial charge in [-0.3, -0.25) is 4.79 Å². The Morgan fingerprint density at radius 2 is 2.32 bits per heavy atom. The molecule has 2 fully saturated rings. The van der Waals surface area contributed by atoms with Gasteiger partial charge in [-0.05, 0) is 36.3 Å². The second-order valence-electron chi connectivity index (χ2n) is 6.85. The lowest BCUT2D eigenvalue weighted by Crippen LogP contribution is -2.48. The van der Waals surface area contributed by atoms with Crippen LogP contribution in [-0.2, 0) is 11.8 Å². The molecule has 1 aliphatic heterocycles. The van der Waals surface area contributed by atoms with Crippen LogP contribution in [-0.4, -0.2) is 60.4 Å². The molecule has 2 atom stereocenters. The fourth-order valence-electron chi connectivity index (χ4n) is 3.65. The molecular formula is C15H20N8O2. The first-order valence-electron chi connectivity index (χ1n) is 8.22. The molecule has 10 nitrogen and oxygen atoms in total. The summed E-state index contributed by atoms with van der Waals surface area (Å²) in [5, 5.41) is 17.7. The predicted molar refractivity (Wildman–Crippen MR) is 86.8 cm³/mol. The Labute approximate surface area is 144 Å². The average molecular weight is 344 g/mol. The summed E-state index contributed by atoms with van der Waals surface area (Å²) in [6.45, 7) is 2.87. The number of carbonyl (C=O) groups is 1. The van der Waals surface area contributed by atoms with Gasteiger partial charge in [0.1, 0.15) is 11.5 Å². The fraction of sp³-hybridized carbons (Fsp3) is 0.600. The Morgan fingerprint density at radius 1 is 1.44 bits per heavy atom. The lowest BCUT2D eigenvalue weighted by molar-refractivity contribution is -0.0125. The number of rotatable bonds is 5. The summed E-state index contributed by atoms with van der Waals surface area (Å²) >= 11 is 0. The SMILES string of the molecule is Cc1nccc(C(=O)NC23CCC(CNc4nnnn4C)(C2)OC3)n1. The van der Waals surface area contributed by atoms with Gasteiger partial charge >= 0.3 is 0 Å². The van der Waals surface area contributed by atoms with Crippen LogP contribution in [0.15, 0.2) is 12.3 Å². The first kappa shape index (κ1) is 15.9. The molecule has 2 aromatic heterocycles. The van der Waals surface area contributed by atoms with E-state index in [0.29, 0.717) is 30.6 Å². The minimum atomic E-state index is -0.338. The molecule has 1 amide bonds. The van der Waals surface area contributed by atoms with Crippen LogP contribution < -0.4 is 10.6 Å². The molecule has 0 spiro atoms. The number of hydrogen-bond donors (Lipinski definition) is 2. The molecule has 10 heteroatoms. The van der Waals surface area contributed by atoms with Crippen molar-refractivity contribution < 1.29 is 9.53 Å². The van der Waals surface area contributed by atoms with Gasteiger partial charge in [0.15, 0.2) is 0 Å². The van der Waals surface area contributed by atoms with Crippen LogP contribution >= 0.6 is 0 Å². The minimum Gasteiger partial charge on any atom is -0.371 e. The Hall–Kier alpha value is -2.62. The van der Waals surface area contributed by atoms with Gasteiger partial charge in [0.2, 0.25) is 5.95 Å². The summed E-state index contributed by atoms with van der Waals surface area (Å²) in [7, 11) is 1.78. The summed E-state index contributed by atoms with van der Waals surface area (Å²) in [6, 6.07) is 1.62. The van der Waals surface area contributed by atoms with Crippen molar-refractivity contribution in [3.05, 3.63) is 23.8 Å². The maximum atomic E-state index is 12.5. The summed E-state index contributed by atoms with van der Waals surface area (Å²) < 4.78 is 7.63. The number of carbonyl (C=O) groups excluding carboxylic acids is 1. The number of aryl methyl sites for hydroxylation is 2. The van der Waals surface area contributed by atoms with Gasteiger partial charge in [-0.2, -0.15) is 0 Å². The van der Waals surface area contributed by atoms with E-state index in [1.54, 1.807) is 30.9 Å². The number of nitrogens with one attached hydrogen (secondary N) is 2. The summed E-state index contributed by atoms with van der Waals surface area (Å²) in [4.78, 5) is 20.7. The van der Waals surface area contributed by atoms with Crippen LogP contribution in [0.4, 0.5) is 5.95 Å². The van der Waals surface area contributed by atoms with E-state index in [1.165, 1.54) is 0 Å². The third kappa shape index (κ3) is 2.93. The number of nitrogens with zero attached hydrogens (tertiary/aromatic N) is 6. The standard InChI is InChI=1S/C15H20N8O2/c1-10-16-6-3-11(18-10)12(24)19-14-4-5-15(7-14,25-9-14)8-17-13-20-21-22-23(13)2/h3,6H,4-5,7-9H2,1-2H3,(H,19,24)(H,17,20,22). The van der Waals surface area contributed by atoms with Crippen molar-refractivity contribution >= 4 is 11.9 Å². The molecule has 2 unspecified atom stereocenters. The predicted octanol–water partition coefficient (Wildman–Crippen LogP) is -0.158. The number of aromatic nitrogens is 6. The highest BCUT2D eigenvalue weighted by atomic mass is 16.5. The molecule has 132 valence electrons. The molecule has 2 bridgehead atoms. The molecule has 3 heterocycles. The van der Waals surface area contributed by atoms with Gasteiger partial charge in [-0.1, -0.05) is 5.10 Å². The topological polar surface area (TPSA) is 120 Å². The normalized spacial score (nSPS) is 27.4. The number of ether oxygens (including phenoxy) is 1. The molecule has 0 radical (unpaired) electrons. The van der Waals surface area contributed by atoms with Gasteiger partial charge < -0.3 is 15.4 Å². The van der Waals surface area contributed by atoms with Crippen LogP contribution in [0.25, 0.3) is 0 Å². The molecule has 1 saturated heterocycles. The van der Waals surface area contributed by atoms with Gasteiger partial charge in [-0.15, -0.1) is 0 Å². The minimum absolute atomic E-state index is 0.183. The lowest BCUT2D eigenvalue weighted by atomic mass is 9.98. The van der Waals surface area contributed by atoms with E-state index in [-0.39, 0.29) is 17.0 Å². The summed E-state index contributed by atoms with van der Waals surface area (Å²) in [5.74, 6) is 0.996. The zero-order valence-corrected chi connectivity index (χ0v) is 14.2. The molecule has 4 rings (SSSR count). The number of anilines is 1. The van der Waals surface area contributed by atoms with Crippen molar-refractivity contribution in [2.45, 2.75) is 37.3 Å². The Kier molecular flexibility index (Phi) is 3.64. The van der Waals surface area contributed by atoms with Crippen molar-refractivity contribution in [1.82, 2.24) is 35.5 Å². The van der Waals surface area contributed by atoms with E-state index >= 15 is 0 Å². The molecule has 2 N–H and O–H groups in total. The number of amides is 1. The van der Waals surface area contributed by atoms with Crippen LogP contribution in [0, 0.1) is 6.92 Å². The third-order valence-corrected chi connectivity index (χ3v) is 4.95. The maximum Gasteiger partial charge on any atom is 0.270 e. The van der Waals surface area contributed by atoms with E-state index in [9.17, 15) is 4.79 Å². The molecule has 2 aliphatic rings. The van der Waals surface area contributed by atoms with Crippen LogP contribution in [0.5, 0.6) is 0 Å². The monoisotopic (exact) mass is 344 g/mol. The van der Waals surface area contributed by atoms with Gasteiger partial charge in [0, 0.05) is 26.2 Å². The van der Waals surface area contributed by atoms with Crippen molar-refractivity contribution in [3.63, 3.8) is 0 Å². The quantitative estimate of drug-likeness (QED) is 0.768. The highest BCUT2D eigenvalue weighted by Gasteiger charge is 2.56. The second kappa shape index (κ2) is 5.73. The fourth-order valence-corrected chi connectivity index (χ4v) is 3.65. The first-order chi connectivity index (χ1) is 12.0. The Balaban J connectivity index is 1.41. The van der Waals surface area contributed by atoms with Crippen molar-refractivity contribution in [2.24, 2.45) is 7.05 Å². The van der Waals surface area contributed by atoms with E-state index in [1.807, 2.05) is 0 Å². The summed E-state index contributed by atoms with van der Waals surface area (Å²) in [6.07, 6.45) is 4.10. The van der Waals surface area contributed by atoms with E-state index in [0.717, 1.165) is 19.3 Å². The number of hydrogen-bond acceptors (Lipinski definition) is 8. The van der Waals surface area contributed by atoms with Crippen LogP contribution in [0.3, 0.4) is 0 Å². The molecular weight excluding hydrogens is 324 g/mol. The molecule has 25 heavy (non-hydrogen) atoms. The van der Waals surface area contributed by atoms with Gasteiger partial charge in [0.25, 0.3) is 5.91 Å². The van der Waals surface area contributed by atoms with Crippen molar-refractivity contribution in [1.29, 1.82) is 0 Å². The van der Waals surface area contributed by atoms with Gasteiger partial charge in [-0.25, -0.2) is 14.6 Å². The highest BCUT2D eigenvalue weighted by molar-refractivity contribution is 5.92. The highest BCUT2D eigenvalue weighted by Crippen LogP contribution is 2.47. The average Bonchev–Trinajstić information content (AvgIpc) is 3.26. The zero-order valence-electron chi connectivity index (χ0n) is 14.2.